The van der Waals surface area contributed by atoms with E-state index in [9.17, 15) is 9.59 Å². The van der Waals surface area contributed by atoms with Crippen LogP contribution in [0.15, 0.2) is 24.3 Å². The summed E-state index contributed by atoms with van der Waals surface area (Å²) in [7, 11) is 0. The second-order valence-electron chi connectivity index (χ2n) is 4.31. The van der Waals surface area contributed by atoms with Crippen LogP contribution in [0.25, 0.3) is 0 Å². The maximum Gasteiger partial charge on any atom is 0.179 e. The van der Waals surface area contributed by atoms with E-state index >= 15 is 0 Å². The fourth-order valence-corrected chi connectivity index (χ4v) is 2.30. The average molecular weight is 215 g/mol. The van der Waals surface area contributed by atoms with Crippen molar-refractivity contribution in [3.8, 4) is 0 Å². The summed E-state index contributed by atoms with van der Waals surface area (Å²) < 4.78 is 0. The molecule has 0 bridgehead atoms. The lowest BCUT2D eigenvalue weighted by Gasteiger charge is -2.14. The number of benzene rings is 1. The zero-order valence-electron chi connectivity index (χ0n) is 9.62. The monoisotopic (exact) mass is 215 g/mol. The van der Waals surface area contributed by atoms with Gasteiger partial charge in [0.25, 0.3) is 0 Å². The Morgan fingerprint density at radius 2 is 1.56 bits per heavy atom. The number of hydrogen-bond acceptors (Lipinski definition) is 2. The molecule has 0 saturated carbocycles. The van der Waals surface area contributed by atoms with Crippen molar-refractivity contribution in [1.82, 2.24) is 0 Å². The van der Waals surface area contributed by atoms with Crippen molar-refractivity contribution in [2.24, 2.45) is 5.92 Å². The minimum Gasteiger partial charge on any atom is -0.293 e. The molecule has 0 heterocycles. The molecule has 1 atom stereocenters. The summed E-state index contributed by atoms with van der Waals surface area (Å²) in [6, 6.07) is 7.08. The summed E-state index contributed by atoms with van der Waals surface area (Å²) >= 11 is 0. The van der Waals surface area contributed by atoms with Crippen molar-refractivity contribution < 1.29 is 9.59 Å². The van der Waals surface area contributed by atoms with Gasteiger partial charge in [0.1, 0.15) is 5.92 Å². The maximum absolute atomic E-state index is 12.1. The first-order chi connectivity index (χ1) is 7.66. The normalized spacial score (nSPS) is 17.6. The third kappa shape index (κ3) is 1.58. The van der Waals surface area contributed by atoms with Crippen LogP contribution in [-0.4, -0.2) is 11.6 Å². The number of Topliss-reactive ketones (excluding diaryl/α,β-unsaturated/α-hetero) is 2. The molecule has 83 valence electrons. The fourth-order valence-electron chi connectivity index (χ4n) is 2.30. The lowest BCUT2D eigenvalue weighted by atomic mass is 9.86. The van der Waals surface area contributed by atoms with E-state index in [1.54, 1.807) is 24.3 Å². The van der Waals surface area contributed by atoms with E-state index in [4.69, 9.17) is 0 Å². The van der Waals surface area contributed by atoms with Crippen LogP contribution >= 0.6 is 0 Å². The minimum atomic E-state index is -0.0680. The third-order valence-corrected chi connectivity index (χ3v) is 3.12. The van der Waals surface area contributed by atoms with Gasteiger partial charge in [-0.2, -0.15) is 0 Å². The predicted octanol–water partition coefficient (Wildman–Crippen LogP) is 3.08. The summed E-state index contributed by atoms with van der Waals surface area (Å²) in [6.07, 6.45) is 1.88. The van der Waals surface area contributed by atoms with E-state index in [1.165, 1.54) is 0 Å². The molecule has 1 aromatic carbocycles. The Balaban J connectivity index is 2.35. The molecule has 0 N–H and O–H groups in total. The SMILES string of the molecule is CCCC(C)[C]1C(=O)c2ccccc2C1=O. The van der Waals surface area contributed by atoms with Gasteiger partial charge in [-0.25, -0.2) is 0 Å². The molecule has 2 heteroatoms. The van der Waals surface area contributed by atoms with Crippen molar-refractivity contribution in [2.75, 3.05) is 0 Å². The van der Waals surface area contributed by atoms with Gasteiger partial charge >= 0.3 is 0 Å². The van der Waals surface area contributed by atoms with Crippen molar-refractivity contribution in [2.45, 2.75) is 26.7 Å². The van der Waals surface area contributed by atoms with E-state index in [0.29, 0.717) is 17.0 Å². The molecule has 1 aliphatic carbocycles. The van der Waals surface area contributed by atoms with E-state index in [-0.39, 0.29) is 17.5 Å². The highest BCUT2D eigenvalue weighted by molar-refractivity contribution is 6.36. The minimum absolute atomic E-state index is 0.0670. The molecule has 0 fully saturated rings. The number of hydrogen-bond donors (Lipinski definition) is 0. The molecular formula is C14H15O2. The van der Waals surface area contributed by atoms with E-state index in [2.05, 4.69) is 6.92 Å². The van der Waals surface area contributed by atoms with Crippen LogP contribution in [0.5, 0.6) is 0 Å². The van der Waals surface area contributed by atoms with Gasteiger partial charge in [-0.1, -0.05) is 44.5 Å². The molecule has 1 radical (unpaired) electrons. The number of carbonyl (C=O) groups is 2. The number of carbonyl (C=O) groups excluding carboxylic acids is 2. The van der Waals surface area contributed by atoms with Crippen molar-refractivity contribution in [3.05, 3.63) is 41.3 Å². The van der Waals surface area contributed by atoms with E-state index in [0.717, 1.165) is 12.8 Å². The Labute approximate surface area is 95.7 Å². The van der Waals surface area contributed by atoms with Gasteiger partial charge in [-0.15, -0.1) is 0 Å². The molecule has 0 spiro atoms. The topological polar surface area (TPSA) is 34.1 Å². The molecule has 0 amide bonds. The highest BCUT2D eigenvalue weighted by Gasteiger charge is 2.41. The Bertz CT molecular complexity index is 399. The predicted molar refractivity (Wildman–Crippen MR) is 62.4 cm³/mol. The summed E-state index contributed by atoms with van der Waals surface area (Å²) in [4.78, 5) is 24.1. The lowest BCUT2D eigenvalue weighted by molar-refractivity contribution is 0.0925. The molecule has 0 aromatic heterocycles. The van der Waals surface area contributed by atoms with Crippen LogP contribution in [-0.2, 0) is 0 Å². The molecule has 1 aromatic rings. The highest BCUT2D eigenvalue weighted by Crippen LogP contribution is 2.34. The smallest absolute Gasteiger partial charge is 0.179 e. The summed E-state index contributed by atoms with van der Waals surface area (Å²) in [5.41, 5.74) is 1.15. The molecule has 1 aliphatic rings. The van der Waals surface area contributed by atoms with Gasteiger partial charge in [-0.05, 0) is 12.3 Å². The number of ketones is 2. The maximum atomic E-state index is 12.1. The quantitative estimate of drug-likeness (QED) is 0.776. The zero-order chi connectivity index (χ0) is 11.7. The van der Waals surface area contributed by atoms with E-state index in [1.807, 2.05) is 6.92 Å². The highest BCUT2D eigenvalue weighted by atomic mass is 16.2. The van der Waals surface area contributed by atoms with Crippen LogP contribution in [0.1, 0.15) is 47.4 Å². The van der Waals surface area contributed by atoms with Gasteiger partial charge in [0.2, 0.25) is 0 Å². The van der Waals surface area contributed by atoms with E-state index < -0.39 is 0 Å². The second kappa shape index (κ2) is 4.20. The molecule has 2 nitrogen and oxygen atoms in total. The molecule has 1 unspecified atom stereocenters. The fraction of sp³-hybridized carbons (Fsp3) is 0.357. The van der Waals surface area contributed by atoms with Crippen molar-refractivity contribution in [3.63, 3.8) is 0 Å². The lowest BCUT2D eigenvalue weighted by Crippen LogP contribution is -2.20. The number of fused-ring (bicyclic) bond motifs is 1. The van der Waals surface area contributed by atoms with Crippen LogP contribution < -0.4 is 0 Å². The average Bonchev–Trinajstić information content (AvgIpc) is 2.53. The Morgan fingerprint density at radius 1 is 1.06 bits per heavy atom. The Kier molecular flexibility index (Phi) is 2.90. The van der Waals surface area contributed by atoms with Crippen molar-refractivity contribution >= 4 is 11.6 Å². The van der Waals surface area contributed by atoms with Crippen LogP contribution in [0, 0.1) is 11.8 Å². The largest absolute Gasteiger partial charge is 0.293 e. The third-order valence-electron chi connectivity index (χ3n) is 3.12. The number of rotatable bonds is 3. The Hall–Kier alpha value is -1.44. The Morgan fingerprint density at radius 3 is 2.00 bits per heavy atom. The molecule has 0 saturated heterocycles. The van der Waals surface area contributed by atoms with Gasteiger partial charge in [0.05, 0.1) is 0 Å². The first-order valence-electron chi connectivity index (χ1n) is 5.72. The van der Waals surface area contributed by atoms with Crippen LogP contribution in [0.2, 0.25) is 0 Å². The van der Waals surface area contributed by atoms with Crippen LogP contribution in [0.4, 0.5) is 0 Å². The molecule has 2 rings (SSSR count). The summed E-state index contributed by atoms with van der Waals surface area (Å²) in [5.74, 6) is 0.406. The second-order valence-corrected chi connectivity index (χ2v) is 4.31. The van der Waals surface area contributed by atoms with Crippen LogP contribution in [0.3, 0.4) is 0 Å². The molecular weight excluding hydrogens is 200 g/mol. The molecule has 0 aliphatic heterocycles. The standard InChI is InChI=1S/C14H15O2/c1-3-6-9(2)12-13(15)10-7-4-5-8-11(10)14(12)16/h4-5,7-9H,3,6H2,1-2H3. The first kappa shape index (κ1) is 11.1. The van der Waals surface area contributed by atoms with Gasteiger partial charge < -0.3 is 0 Å². The van der Waals surface area contributed by atoms with Gasteiger partial charge in [0, 0.05) is 11.1 Å². The van der Waals surface area contributed by atoms with Crippen molar-refractivity contribution in [1.29, 1.82) is 0 Å². The summed E-state index contributed by atoms with van der Waals surface area (Å²) in [6.45, 7) is 4.02. The van der Waals surface area contributed by atoms with Gasteiger partial charge in [-0.3, -0.25) is 9.59 Å². The summed E-state index contributed by atoms with van der Waals surface area (Å²) in [5, 5.41) is 0. The van der Waals surface area contributed by atoms with Gasteiger partial charge in [0.15, 0.2) is 11.6 Å². The first-order valence-corrected chi connectivity index (χ1v) is 5.72. The molecule has 16 heavy (non-hydrogen) atoms. The zero-order valence-corrected chi connectivity index (χ0v) is 9.62.